The van der Waals surface area contributed by atoms with Crippen LogP contribution in [-0.2, 0) is 14.8 Å². The normalized spacial score (nSPS) is 12.1. The van der Waals surface area contributed by atoms with Crippen molar-refractivity contribution in [1.82, 2.24) is 5.32 Å². The molecular weight excluding hydrogens is 380 g/mol. The summed E-state index contributed by atoms with van der Waals surface area (Å²) in [6, 6.07) is 14.0. The number of nitrogens with one attached hydrogen (secondary N) is 1. The lowest BCUT2D eigenvalue weighted by Gasteiger charge is -2.17. The number of ether oxygens (including phenoxy) is 2. The fourth-order valence-electron chi connectivity index (χ4n) is 2.31. The molecule has 2 aromatic rings. The van der Waals surface area contributed by atoms with E-state index >= 15 is 0 Å². The minimum atomic E-state index is -3.32. The zero-order valence-corrected chi connectivity index (χ0v) is 17.3. The highest BCUT2D eigenvalue weighted by atomic mass is 32.2. The largest absolute Gasteiger partial charge is 0.491 e. The lowest BCUT2D eigenvalue weighted by molar-refractivity contribution is -0.123. The maximum Gasteiger partial charge on any atom is 0.258 e. The van der Waals surface area contributed by atoms with Crippen molar-refractivity contribution in [2.45, 2.75) is 19.9 Å². The first-order valence-electron chi connectivity index (χ1n) is 8.81. The Morgan fingerprint density at radius 3 is 2.14 bits per heavy atom. The molecular formula is C20H26N2O5S. The third-order valence-corrected chi connectivity index (χ3v) is 5.20. The Kier molecular flexibility index (Phi) is 7.28. The molecule has 0 heterocycles. The molecule has 7 nitrogen and oxygen atoms in total. The number of benzene rings is 2. The molecule has 0 aliphatic heterocycles. The van der Waals surface area contributed by atoms with Crippen molar-refractivity contribution in [2.24, 2.45) is 0 Å². The standard InChI is InChI=1S/C20H26N2O5S/c1-15-5-9-18(10-6-15)26-13-16(2)21-20(23)14-27-19-11-7-17(8-12-19)22(3)28(4,24)25/h5-12,16H,13-14H2,1-4H3,(H,21,23)/t16-/m1/s1. The van der Waals surface area contributed by atoms with Gasteiger partial charge in [0.15, 0.2) is 6.61 Å². The van der Waals surface area contributed by atoms with Crippen LogP contribution in [0.25, 0.3) is 0 Å². The predicted molar refractivity (Wildman–Crippen MR) is 109 cm³/mol. The van der Waals surface area contributed by atoms with Gasteiger partial charge in [-0.1, -0.05) is 17.7 Å². The summed E-state index contributed by atoms with van der Waals surface area (Å²) in [6.07, 6.45) is 1.13. The third kappa shape index (κ3) is 6.77. The second kappa shape index (κ2) is 9.45. The Morgan fingerprint density at radius 2 is 1.57 bits per heavy atom. The highest BCUT2D eigenvalue weighted by Gasteiger charge is 2.12. The molecule has 0 spiro atoms. The second-order valence-corrected chi connectivity index (χ2v) is 8.62. The van der Waals surface area contributed by atoms with Crippen LogP contribution in [0.2, 0.25) is 0 Å². The van der Waals surface area contributed by atoms with Crippen molar-refractivity contribution in [2.75, 3.05) is 30.8 Å². The molecule has 0 aliphatic carbocycles. The molecule has 0 bridgehead atoms. The lowest BCUT2D eigenvalue weighted by Crippen LogP contribution is -2.39. The smallest absolute Gasteiger partial charge is 0.258 e. The number of rotatable bonds is 9. The highest BCUT2D eigenvalue weighted by molar-refractivity contribution is 7.92. The van der Waals surface area contributed by atoms with Gasteiger partial charge in [0.05, 0.1) is 18.0 Å². The van der Waals surface area contributed by atoms with E-state index in [0.717, 1.165) is 17.6 Å². The number of carbonyl (C=O) groups is 1. The van der Waals surface area contributed by atoms with Gasteiger partial charge in [-0.05, 0) is 50.2 Å². The lowest BCUT2D eigenvalue weighted by atomic mass is 10.2. The fourth-order valence-corrected chi connectivity index (χ4v) is 2.81. The highest BCUT2D eigenvalue weighted by Crippen LogP contribution is 2.20. The number of sulfonamides is 1. The van der Waals surface area contributed by atoms with Gasteiger partial charge in [-0.2, -0.15) is 0 Å². The van der Waals surface area contributed by atoms with Gasteiger partial charge in [0.25, 0.3) is 5.91 Å². The third-order valence-electron chi connectivity index (χ3n) is 4.00. The number of anilines is 1. The molecule has 0 saturated carbocycles. The van der Waals surface area contributed by atoms with E-state index in [9.17, 15) is 13.2 Å². The van der Waals surface area contributed by atoms with Crippen LogP contribution in [0.1, 0.15) is 12.5 Å². The molecule has 0 aliphatic rings. The van der Waals surface area contributed by atoms with Gasteiger partial charge in [-0.3, -0.25) is 9.10 Å². The number of hydrogen-bond acceptors (Lipinski definition) is 5. The van der Waals surface area contributed by atoms with E-state index in [2.05, 4.69) is 5.32 Å². The van der Waals surface area contributed by atoms with Gasteiger partial charge in [0.2, 0.25) is 10.0 Å². The van der Waals surface area contributed by atoms with Gasteiger partial charge in [0, 0.05) is 7.05 Å². The molecule has 152 valence electrons. The number of hydrogen-bond donors (Lipinski definition) is 1. The van der Waals surface area contributed by atoms with Crippen molar-refractivity contribution >= 4 is 21.6 Å². The molecule has 2 rings (SSSR count). The molecule has 28 heavy (non-hydrogen) atoms. The summed E-state index contributed by atoms with van der Waals surface area (Å²) in [5.41, 5.74) is 1.67. The maximum absolute atomic E-state index is 12.0. The van der Waals surface area contributed by atoms with Crippen LogP contribution in [0.3, 0.4) is 0 Å². The Labute approximate surface area is 166 Å². The number of nitrogens with zero attached hydrogens (tertiary/aromatic N) is 1. The van der Waals surface area contributed by atoms with Crippen LogP contribution in [0.5, 0.6) is 11.5 Å². The monoisotopic (exact) mass is 406 g/mol. The van der Waals surface area contributed by atoms with E-state index in [0.29, 0.717) is 18.0 Å². The summed E-state index contributed by atoms with van der Waals surface area (Å²) in [7, 11) is -1.85. The number of aryl methyl sites for hydroxylation is 1. The molecule has 1 N–H and O–H groups in total. The first kappa shape index (κ1) is 21.6. The minimum Gasteiger partial charge on any atom is -0.491 e. The minimum absolute atomic E-state index is 0.143. The van der Waals surface area contributed by atoms with Gasteiger partial charge in [-0.25, -0.2) is 8.42 Å². The van der Waals surface area contributed by atoms with Gasteiger partial charge in [-0.15, -0.1) is 0 Å². The van der Waals surface area contributed by atoms with Crippen molar-refractivity contribution in [3.05, 3.63) is 54.1 Å². The number of carbonyl (C=O) groups excluding carboxylic acids is 1. The second-order valence-electron chi connectivity index (χ2n) is 6.61. The Hall–Kier alpha value is -2.74. The van der Waals surface area contributed by atoms with E-state index in [-0.39, 0.29) is 18.6 Å². The average molecular weight is 407 g/mol. The van der Waals surface area contributed by atoms with E-state index in [1.807, 2.05) is 38.1 Å². The molecule has 1 atom stereocenters. The topological polar surface area (TPSA) is 84.9 Å². The molecule has 0 unspecified atom stereocenters. The van der Waals surface area contributed by atoms with E-state index in [4.69, 9.17) is 9.47 Å². The van der Waals surface area contributed by atoms with Gasteiger partial charge < -0.3 is 14.8 Å². The van der Waals surface area contributed by atoms with Crippen molar-refractivity contribution in [3.8, 4) is 11.5 Å². The summed E-state index contributed by atoms with van der Waals surface area (Å²) < 4.78 is 35.3. The quantitative estimate of drug-likeness (QED) is 0.691. The first-order chi connectivity index (χ1) is 13.1. The predicted octanol–water partition coefficient (Wildman–Crippen LogP) is 2.35. The van der Waals surface area contributed by atoms with Crippen LogP contribution in [-0.4, -0.2) is 46.9 Å². The molecule has 8 heteroatoms. The average Bonchev–Trinajstić information content (AvgIpc) is 2.65. The fraction of sp³-hybridized carbons (Fsp3) is 0.350. The Bertz CT molecular complexity index is 880. The van der Waals surface area contributed by atoms with Crippen LogP contribution in [0.4, 0.5) is 5.69 Å². The number of amides is 1. The van der Waals surface area contributed by atoms with Gasteiger partial charge >= 0.3 is 0 Å². The van der Waals surface area contributed by atoms with Crippen LogP contribution < -0.4 is 19.1 Å². The molecule has 1 amide bonds. The molecule has 2 aromatic carbocycles. The van der Waals surface area contributed by atoms with Crippen molar-refractivity contribution in [3.63, 3.8) is 0 Å². The summed E-state index contributed by atoms with van der Waals surface area (Å²) in [6.45, 7) is 4.06. The van der Waals surface area contributed by atoms with E-state index in [1.165, 1.54) is 11.4 Å². The Balaban J connectivity index is 1.76. The first-order valence-corrected chi connectivity index (χ1v) is 10.7. The van der Waals surface area contributed by atoms with Crippen LogP contribution >= 0.6 is 0 Å². The zero-order chi connectivity index (χ0) is 20.7. The van der Waals surface area contributed by atoms with E-state index < -0.39 is 10.0 Å². The summed E-state index contributed by atoms with van der Waals surface area (Å²) in [5, 5.41) is 2.80. The van der Waals surface area contributed by atoms with Crippen LogP contribution in [0, 0.1) is 6.92 Å². The summed E-state index contributed by atoms with van der Waals surface area (Å²) in [4.78, 5) is 12.0. The van der Waals surface area contributed by atoms with Crippen LogP contribution in [0.15, 0.2) is 48.5 Å². The molecule has 0 radical (unpaired) electrons. The van der Waals surface area contributed by atoms with Crippen molar-refractivity contribution < 1.29 is 22.7 Å². The molecule has 0 saturated heterocycles. The molecule has 0 fully saturated rings. The zero-order valence-electron chi connectivity index (χ0n) is 16.5. The summed E-state index contributed by atoms with van der Waals surface area (Å²) in [5.74, 6) is 0.962. The van der Waals surface area contributed by atoms with Gasteiger partial charge in [0.1, 0.15) is 18.1 Å². The van der Waals surface area contributed by atoms with E-state index in [1.54, 1.807) is 24.3 Å². The maximum atomic E-state index is 12.0. The molecule has 0 aromatic heterocycles. The summed E-state index contributed by atoms with van der Waals surface area (Å²) >= 11 is 0. The van der Waals surface area contributed by atoms with Crippen molar-refractivity contribution in [1.29, 1.82) is 0 Å². The SMILES string of the molecule is Cc1ccc(OC[C@@H](C)NC(=O)COc2ccc(N(C)S(C)(=O)=O)cc2)cc1. The Morgan fingerprint density at radius 1 is 1.04 bits per heavy atom.